The SMILES string of the molecule is CC(NC1CC2CCCC(C1)N2C)c1cccc(F)c1. The first-order valence-corrected chi connectivity index (χ1v) is 7.87. The lowest BCUT2D eigenvalue weighted by Gasteiger charge is -2.47. The zero-order valence-corrected chi connectivity index (χ0v) is 12.5. The molecule has 2 aliphatic rings. The van der Waals surface area contributed by atoms with E-state index in [0.29, 0.717) is 6.04 Å². The zero-order chi connectivity index (χ0) is 14.1. The van der Waals surface area contributed by atoms with Crippen LogP contribution in [0, 0.1) is 5.82 Å². The number of piperidine rings is 2. The molecule has 1 aromatic rings. The van der Waals surface area contributed by atoms with Crippen molar-refractivity contribution in [3.8, 4) is 0 Å². The summed E-state index contributed by atoms with van der Waals surface area (Å²) in [6, 6.07) is 9.23. The van der Waals surface area contributed by atoms with E-state index >= 15 is 0 Å². The zero-order valence-electron chi connectivity index (χ0n) is 12.5. The minimum Gasteiger partial charge on any atom is -0.307 e. The Morgan fingerprint density at radius 1 is 1.25 bits per heavy atom. The topological polar surface area (TPSA) is 15.3 Å². The second kappa shape index (κ2) is 5.82. The highest BCUT2D eigenvalue weighted by Gasteiger charge is 2.36. The average molecular weight is 276 g/mol. The van der Waals surface area contributed by atoms with Gasteiger partial charge in [-0.25, -0.2) is 4.39 Å². The van der Waals surface area contributed by atoms with Crippen LogP contribution in [0.5, 0.6) is 0 Å². The van der Waals surface area contributed by atoms with Crippen LogP contribution < -0.4 is 5.32 Å². The lowest BCUT2D eigenvalue weighted by molar-refractivity contribution is 0.0463. The summed E-state index contributed by atoms with van der Waals surface area (Å²) in [6.45, 7) is 2.14. The number of nitrogens with zero attached hydrogens (tertiary/aromatic N) is 1. The molecule has 2 nitrogen and oxygen atoms in total. The molecule has 2 aliphatic heterocycles. The van der Waals surface area contributed by atoms with E-state index < -0.39 is 0 Å². The van der Waals surface area contributed by atoms with E-state index in [1.54, 1.807) is 12.1 Å². The van der Waals surface area contributed by atoms with Gasteiger partial charge in [-0.3, -0.25) is 0 Å². The van der Waals surface area contributed by atoms with E-state index in [0.717, 1.165) is 17.6 Å². The van der Waals surface area contributed by atoms with Crippen molar-refractivity contribution in [2.24, 2.45) is 0 Å². The Kier molecular flexibility index (Phi) is 4.08. The Labute approximate surface area is 121 Å². The predicted octanol–water partition coefficient (Wildman–Crippen LogP) is 3.49. The van der Waals surface area contributed by atoms with E-state index in [-0.39, 0.29) is 11.9 Å². The summed E-state index contributed by atoms with van der Waals surface area (Å²) in [6.07, 6.45) is 6.50. The van der Waals surface area contributed by atoms with Crippen LogP contribution in [0.3, 0.4) is 0 Å². The average Bonchev–Trinajstić information content (AvgIpc) is 2.40. The predicted molar refractivity (Wildman–Crippen MR) is 80.2 cm³/mol. The van der Waals surface area contributed by atoms with Crippen LogP contribution in [0.25, 0.3) is 0 Å². The van der Waals surface area contributed by atoms with Crippen LogP contribution in [0.1, 0.15) is 50.6 Å². The molecule has 2 fully saturated rings. The molecule has 3 unspecified atom stereocenters. The molecule has 20 heavy (non-hydrogen) atoms. The third-order valence-electron chi connectivity index (χ3n) is 5.17. The number of benzene rings is 1. The van der Waals surface area contributed by atoms with Gasteiger partial charge in [0.15, 0.2) is 0 Å². The van der Waals surface area contributed by atoms with E-state index in [2.05, 4.69) is 24.2 Å². The first-order chi connectivity index (χ1) is 9.63. The standard InChI is InChI=1S/C17H25FN2/c1-12(13-5-3-6-14(18)9-13)19-15-10-16-7-4-8-17(11-15)20(16)2/h3,5-6,9,12,15-17,19H,4,7-8,10-11H2,1-2H3. The second-order valence-electron chi connectivity index (χ2n) is 6.52. The number of hydrogen-bond donors (Lipinski definition) is 1. The fourth-order valence-corrected chi connectivity index (χ4v) is 3.98. The molecule has 2 saturated heterocycles. The summed E-state index contributed by atoms with van der Waals surface area (Å²) in [5.41, 5.74) is 1.05. The maximum absolute atomic E-state index is 13.3. The quantitative estimate of drug-likeness (QED) is 0.909. The summed E-state index contributed by atoms with van der Waals surface area (Å²) < 4.78 is 13.3. The molecule has 3 heteroatoms. The van der Waals surface area contributed by atoms with Crippen molar-refractivity contribution in [2.45, 2.75) is 63.2 Å². The van der Waals surface area contributed by atoms with Crippen molar-refractivity contribution < 1.29 is 4.39 Å². The van der Waals surface area contributed by atoms with Crippen molar-refractivity contribution in [3.63, 3.8) is 0 Å². The second-order valence-corrected chi connectivity index (χ2v) is 6.52. The first kappa shape index (κ1) is 14.0. The lowest BCUT2D eigenvalue weighted by atomic mass is 9.82. The molecule has 0 saturated carbocycles. The molecule has 0 aromatic heterocycles. The largest absolute Gasteiger partial charge is 0.307 e. The first-order valence-electron chi connectivity index (χ1n) is 7.87. The minimum atomic E-state index is -0.142. The number of rotatable bonds is 3. The maximum Gasteiger partial charge on any atom is 0.123 e. The van der Waals surface area contributed by atoms with Gasteiger partial charge in [0.05, 0.1) is 0 Å². The van der Waals surface area contributed by atoms with Gasteiger partial charge >= 0.3 is 0 Å². The molecule has 1 N–H and O–H groups in total. The Morgan fingerprint density at radius 3 is 2.60 bits per heavy atom. The fourth-order valence-electron chi connectivity index (χ4n) is 3.98. The highest BCUT2D eigenvalue weighted by Crippen LogP contribution is 2.33. The molecule has 1 aromatic carbocycles. The molecule has 110 valence electrons. The van der Waals surface area contributed by atoms with Crippen molar-refractivity contribution in [1.82, 2.24) is 10.2 Å². The van der Waals surface area contributed by atoms with Crippen molar-refractivity contribution in [2.75, 3.05) is 7.05 Å². The molecular formula is C17H25FN2. The summed E-state index contributed by atoms with van der Waals surface area (Å²) in [5, 5.41) is 3.72. The summed E-state index contributed by atoms with van der Waals surface area (Å²) in [5.74, 6) is -0.142. The van der Waals surface area contributed by atoms with Gasteiger partial charge in [-0.15, -0.1) is 0 Å². The van der Waals surface area contributed by atoms with Gasteiger partial charge in [0.1, 0.15) is 5.82 Å². The normalized spacial score (nSPS) is 32.0. The van der Waals surface area contributed by atoms with E-state index in [4.69, 9.17) is 0 Å². The summed E-state index contributed by atoms with van der Waals surface area (Å²) in [4.78, 5) is 2.58. The number of hydrogen-bond acceptors (Lipinski definition) is 2. The molecule has 3 atom stereocenters. The summed E-state index contributed by atoms with van der Waals surface area (Å²) >= 11 is 0. The summed E-state index contributed by atoms with van der Waals surface area (Å²) in [7, 11) is 2.28. The smallest absolute Gasteiger partial charge is 0.123 e. The molecule has 3 rings (SSSR count). The Morgan fingerprint density at radius 2 is 1.95 bits per heavy atom. The van der Waals surface area contributed by atoms with Crippen LogP contribution in [0.2, 0.25) is 0 Å². The van der Waals surface area contributed by atoms with Crippen molar-refractivity contribution in [3.05, 3.63) is 35.6 Å². The van der Waals surface area contributed by atoms with E-state index in [1.165, 1.54) is 38.2 Å². The van der Waals surface area contributed by atoms with Crippen LogP contribution in [0.4, 0.5) is 4.39 Å². The third-order valence-corrected chi connectivity index (χ3v) is 5.17. The van der Waals surface area contributed by atoms with Gasteiger partial charge in [0, 0.05) is 24.2 Å². The molecule has 0 aliphatic carbocycles. The highest BCUT2D eigenvalue weighted by atomic mass is 19.1. The van der Waals surface area contributed by atoms with Crippen LogP contribution in [-0.4, -0.2) is 30.1 Å². The van der Waals surface area contributed by atoms with E-state index in [9.17, 15) is 4.39 Å². The lowest BCUT2D eigenvalue weighted by Crippen LogP contribution is -2.54. The van der Waals surface area contributed by atoms with Gasteiger partial charge in [-0.05, 0) is 57.4 Å². The number of nitrogens with one attached hydrogen (secondary N) is 1. The molecule has 0 radical (unpaired) electrons. The Balaban J connectivity index is 1.63. The fraction of sp³-hybridized carbons (Fsp3) is 0.647. The van der Waals surface area contributed by atoms with Gasteiger partial charge in [-0.1, -0.05) is 18.6 Å². The van der Waals surface area contributed by atoms with E-state index in [1.807, 2.05) is 6.07 Å². The third kappa shape index (κ3) is 2.89. The molecular weight excluding hydrogens is 251 g/mol. The van der Waals surface area contributed by atoms with Gasteiger partial charge < -0.3 is 10.2 Å². The highest BCUT2D eigenvalue weighted by molar-refractivity contribution is 5.19. The molecule has 2 bridgehead atoms. The van der Waals surface area contributed by atoms with Gasteiger partial charge in [0.2, 0.25) is 0 Å². The molecule has 0 spiro atoms. The molecule has 0 amide bonds. The van der Waals surface area contributed by atoms with Crippen LogP contribution in [0.15, 0.2) is 24.3 Å². The van der Waals surface area contributed by atoms with Crippen LogP contribution >= 0.6 is 0 Å². The maximum atomic E-state index is 13.3. The Hall–Kier alpha value is -0.930. The number of halogens is 1. The Bertz CT molecular complexity index is 448. The van der Waals surface area contributed by atoms with Crippen LogP contribution in [-0.2, 0) is 0 Å². The van der Waals surface area contributed by atoms with Crippen molar-refractivity contribution in [1.29, 1.82) is 0 Å². The van der Waals surface area contributed by atoms with Gasteiger partial charge in [-0.2, -0.15) is 0 Å². The number of fused-ring (bicyclic) bond motifs is 2. The molecule has 2 heterocycles. The monoisotopic (exact) mass is 276 g/mol. The van der Waals surface area contributed by atoms with Crippen molar-refractivity contribution >= 4 is 0 Å². The van der Waals surface area contributed by atoms with Gasteiger partial charge in [0.25, 0.3) is 0 Å². The minimum absolute atomic E-state index is 0.142.